The number of hydrogen-bond donors (Lipinski definition) is 1. The summed E-state index contributed by atoms with van der Waals surface area (Å²) in [5, 5.41) is 8.96. The Kier molecular flexibility index (Phi) is 4.95. The summed E-state index contributed by atoms with van der Waals surface area (Å²) in [5.74, 6) is -0.619. The highest BCUT2D eigenvalue weighted by Gasteiger charge is 2.38. The van der Waals surface area contributed by atoms with Gasteiger partial charge in [-0.3, -0.25) is 9.36 Å². The van der Waals surface area contributed by atoms with Gasteiger partial charge in [0.05, 0.1) is 10.9 Å². The Morgan fingerprint density at radius 1 is 1.23 bits per heavy atom. The van der Waals surface area contributed by atoms with Gasteiger partial charge in [-0.25, -0.2) is 14.8 Å². The van der Waals surface area contributed by atoms with Gasteiger partial charge in [-0.05, 0) is 57.0 Å². The number of aromatic nitrogens is 3. The first kappa shape index (κ1) is 20.8. The van der Waals surface area contributed by atoms with E-state index in [2.05, 4.69) is 9.97 Å². The molecular formula is C21H18F3N3O4. The van der Waals surface area contributed by atoms with Crippen LogP contribution in [0.2, 0.25) is 0 Å². The van der Waals surface area contributed by atoms with Crippen molar-refractivity contribution in [1.29, 1.82) is 0 Å². The van der Waals surface area contributed by atoms with Crippen LogP contribution in [0.25, 0.3) is 11.0 Å². The molecule has 31 heavy (non-hydrogen) atoms. The average Bonchev–Trinajstić information content (AvgIpc) is 3.52. The highest BCUT2D eigenvalue weighted by Crippen LogP contribution is 2.37. The third kappa shape index (κ3) is 3.97. The van der Waals surface area contributed by atoms with E-state index in [4.69, 9.17) is 9.84 Å². The second kappa shape index (κ2) is 7.36. The van der Waals surface area contributed by atoms with Crippen molar-refractivity contribution < 1.29 is 27.8 Å². The van der Waals surface area contributed by atoms with Gasteiger partial charge in [0.1, 0.15) is 17.7 Å². The fraction of sp³-hybridized carbons (Fsp3) is 0.333. The molecule has 10 heteroatoms. The van der Waals surface area contributed by atoms with Crippen molar-refractivity contribution in [2.75, 3.05) is 0 Å². The number of halogens is 3. The van der Waals surface area contributed by atoms with E-state index in [0.717, 1.165) is 18.9 Å². The lowest BCUT2D eigenvalue weighted by atomic mass is 10.1. The maximum Gasteiger partial charge on any atom is 0.433 e. The Balaban J connectivity index is 1.80. The SMILES string of the molecule is Cc1nc2nc(C(F)(F)F)c([C@H](C)Oc3ccc(C(=O)O)cc3)cc2c(=O)n1C1CC1. The van der Waals surface area contributed by atoms with Gasteiger partial charge in [-0.1, -0.05) is 0 Å². The number of carboxylic acids is 1. The minimum atomic E-state index is -4.78. The number of rotatable bonds is 5. The summed E-state index contributed by atoms with van der Waals surface area (Å²) >= 11 is 0. The van der Waals surface area contributed by atoms with Gasteiger partial charge >= 0.3 is 12.1 Å². The average molecular weight is 433 g/mol. The number of ether oxygens (including phenoxy) is 1. The monoisotopic (exact) mass is 433 g/mol. The molecule has 3 aromatic rings. The molecule has 1 aromatic carbocycles. The molecule has 0 amide bonds. The fourth-order valence-corrected chi connectivity index (χ4v) is 3.49. The quantitative estimate of drug-likeness (QED) is 0.645. The molecule has 4 rings (SSSR count). The Bertz CT molecular complexity index is 1230. The van der Waals surface area contributed by atoms with Crippen LogP contribution in [0.5, 0.6) is 5.75 Å². The van der Waals surface area contributed by atoms with Crippen molar-refractivity contribution in [3.8, 4) is 5.75 Å². The van der Waals surface area contributed by atoms with Gasteiger partial charge in [0.2, 0.25) is 0 Å². The standard InChI is InChI=1S/C21H18F3N3O4/c1-10(31-14-7-3-12(4-8-14)20(29)30)15-9-16-18(26-17(15)21(22,23)24)25-11(2)27(19(16)28)13-5-6-13/h3-4,7-10,13H,5-6H2,1-2H3,(H,29,30)/t10-/m0/s1. The Labute approximate surface area is 174 Å². The van der Waals surface area contributed by atoms with Crippen LogP contribution in [-0.4, -0.2) is 25.6 Å². The molecule has 1 aliphatic rings. The number of fused-ring (bicyclic) bond motifs is 1. The summed E-state index contributed by atoms with van der Waals surface area (Å²) in [7, 11) is 0. The number of carboxylic acid groups (broad SMARTS) is 1. The molecule has 1 aliphatic carbocycles. The number of nitrogens with zero attached hydrogens (tertiary/aromatic N) is 3. The maximum absolute atomic E-state index is 13.7. The predicted octanol–water partition coefficient (Wildman–Crippen LogP) is 4.29. The molecule has 0 unspecified atom stereocenters. The molecule has 0 saturated heterocycles. The molecule has 2 aromatic heterocycles. The van der Waals surface area contributed by atoms with Gasteiger partial charge in [-0.2, -0.15) is 13.2 Å². The second-order valence-electron chi connectivity index (χ2n) is 7.45. The summed E-state index contributed by atoms with van der Waals surface area (Å²) in [4.78, 5) is 31.7. The van der Waals surface area contributed by atoms with Gasteiger partial charge in [-0.15, -0.1) is 0 Å². The molecule has 1 fully saturated rings. The number of aryl methyl sites for hydroxylation is 1. The van der Waals surface area contributed by atoms with Crippen molar-refractivity contribution in [2.24, 2.45) is 0 Å². The lowest BCUT2D eigenvalue weighted by molar-refractivity contribution is -0.142. The number of alkyl halides is 3. The van der Waals surface area contributed by atoms with Crippen molar-refractivity contribution in [3.63, 3.8) is 0 Å². The fourth-order valence-electron chi connectivity index (χ4n) is 3.49. The molecule has 0 spiro atoms. The van der Waals surface area contributed by atoms with Crippen LogP contribution in [-0.2, 0) is 6.18 Å². The van der Waals surface area contributed by atoms with Crippen molar-refractivity contribution in [2.45, 2.75) is 45.0 Å². The highest BCUT2D eigenvalue weighted by atomic mass is 19.4. The summed E-state index contributed by atoms with van der Waals surface area (Å²) in [6.07, 6.45) is -4.25. The largest absolute Gasteiger partial charge is 0.486 e. The lowest BCUT2D eigenvalue weighted by Gasteiger charge is -2.20. The summed E-state index contributed by atoms with van der Waals surface area (Å²) in [5.41, 5.74) is -2.14. The molecule has 7 nitrogen and oxygen atoms in total. The summed E-state index contributed by atoms with van der Waals surface area (Å²) in [6, 6.07) is 6.44. The van der Waals surface area contributed by atoms with Crippen LogP contribution in [0.4, 0.5) is 13.2 Å². The van der Waals surface area contributed by atoms with Crippen molar-refractivity contribution in [3.05, 3.63) is 63.3 Å². The predicted molar refractivity (Wildman–Crippen MR) is 104 cm³/mol. The molecular weight excluding hydrogens is 415 g/mol. The van der Waals surface area contributed by atoms with E-state index in [1.165, 1.54) is 35.8 Å². The number of aromatic carboxylic acids is 1. The van der Waals surface area contributed by atoms with Gasteiger partial charge < -0.3 is 9.84 Å². The first-order valence-electron chi connectivity index (χ1n) is 9.57. The third-order valence-corrected chi connectivity index (χ3v) is 5.13. The molecule has 1 N–H and O–H groups in total. The zero-order chi connectivity index (χ0) is 22.5. The molecule has 162 valence electrons. The Morgan fingerprint density at radius 2 is 1.87 bits per heavy atom. The summed E-state index contributed by atoms with van der Waals surface area (Å²) in [6.45, 7) is 2.98. The number of hydrogen-bond acceptors (Lipinski definition) is 5. The minimum Gasteiger partial charge on any atom is -0.486 e. The zero-order valence-corrected chi connectivity index (χ0v) is 16.6. The normalized spacial score (nSPS) is 15.1. The Morgan fingerprint density at radius 3 is 2.42 bits per heavy atom. The first-order chi connectivity index (χ1) is 14.6. The number of carbonyl (C=O) groups is 1. The van der Waals surface area contributed by atoms with Crippen LogP contribution in [0.3, 0.4) is 0 Å². The third-order valence-electron chi connectivity index (χ3n) is 5.13. The maximum atomic E-state index is 13.7. The van der Waals surface area contributed by atoms with Gasteiger partial charge in [0.15, 0.2) is 11.3 Å². The van der Waals surface area contributed by atoms with Crippen molar-refractivity contribution in [1.82, 2.24) is 14.5 Å². The highest BCUT2D eigenvalue weighted by molar-refractivity contribution is 5.87. The smallest absolute Gasteiger partial charge is 0.433 e. The first-order valence-corrected chi connectivity index (χ1v) is 9.57. The van der Waals surface area contributed by atoms with E-state index in [1.54, 1.807) is 6.92 Å². The van der Waals surface area contributed by atoms with E-state index in [1.807, 2.05) is 0 Å². The Hall–Kier alpha value is -3.43. The van der Waals surface area contributed by atoms with Crippen LogP contribution >= 0.6 is 0 Å². The van der Waals surface area contributed by atoms with Crippen LogP contribution in [0, 0.1) is 6.92 Å². The topological polar surface area (TPSA) is 94.3 Å². The molecule has 1 saturated carbocycles. The van der Waals surface area contributed by atoms with E-state index < -0.39 is 29.5 Å². The number of benzene rings is 1. The molecule has 0 radical (unpaired) electrons. The van der Waals surface area contributed by atoms with E-state index in [0.29, 0.717) is 5.82 Å². The zero-order valence-electron chi connectivity index (χ0n) is 16.6. The second-order valence-corrected chi connectivity index (χ2v) is 7.45. The van der Waals surface area contributed by atoms with Crippen LogP contribution in [0.15, 0.2) is 35.1 Å². The van der Waals surface area contributed by atoms with E-state index >= 15 is 0 Å². The van der Waals surface area contributed by atoms with Gasteiger partial charge in [0.25, 0.3) is 5.56 Å². The minimum absolute atomic E-state index is 0.00262. The van der Waals surface area contributed by atoms with Crippen LogP contribution < -0.4 is 10.3 Å². The van der Waals surface area contributed by atoms with Crippen LogP contribution in [0.1, 0.15) is 59.4 Å². The van der Waals surface area contributed by atoms with E-state index in [9.17, 15) is 22.8 Å². The molecule has 2 heterocycles. The van der Waals surface area contributed by atoms with Crippen molar-refractivity contribution >= 4 is 17.0 Å². The number of pyridine rings is 1. The molecule has 1 atom stereocenters. The van der Waals surface area contributed by atoms with E-state index in [-0.39, 0.29) is 34.0 Å². The van der Waals surface area contributed by atoms with Gasteiger partial charge in [0, 0.05) is 11.6 Å². The summed E-state index contributed by atoms with van der Waals surface area (Å²) < 4.78 is 48.3. The molecule has 0 aliphatic heterocycles. The molecule has 0 bridgehead atoms. The lowest BCUT2D eigenvalue weighted by Crippen LogP contribution is -2.25.